The van der Waals surface area contributed by atoms with Crippen molar-refractivity contribution in [2.24, 2.45) is 7.05 Å². The number of nitrogens with zero attached hydrogens (tertiary/aromatic N) is 2. The molecule has 0 N–H and O–H groups in total. The Morgan fingerprint density at radius 1 is 1.36 bits per heavy atom. The highest BCUT2D eigenvalue weighted by molar-refractivity contribution is 6.32. The monoisotopic (exact) mass is 205 g/mol. The average molecular weight is 206 g/mol. The third-order valence-corrected chi connectivity index (χ3v) is 2.92. The molecule has 0 amide bonds. The van der Waals surface area contributed by atoms with Crippen LogP contribution in [0.5, 0.6) is 0 Å². The zero-order valence-corrected chi connectivity index (χ0v) is 8.67. The largest absolute Gasteiger partial charge is 0.275 e. The van der Waals surface area contributed by atoms with Gasteiger partial charge in [-0.3, -0.25) is 4.68 Å². The summed E-state index contributed by atoms with van der Waals surface area (Å²) in [5.41, 5.74) is 2.25. The Kier molecular flexibility index (Phi) is 1.62. The summed E-state index contributed by atoms with van der Waals surface area (Å²) in [5, 5.41) is 6.42. The lowest BCUT2D eigenvalue weighted by molar-refractivity contribution is 0.779. The van der Waals surface area contributed by atoms with E-state index in [9.17, 15) is 0 Å². The smallest absolute Gasteiger partial charge is 0.0927 e. The number of aryl methyl sites for hydroxylation is 1. The number of halogens is 1. The molecule has 1 saturated carbocycles. The van der Waals surface area contributed by atoms with Crippen LogP contribution < -0.4 is 0 Å². The molecule has 14 heavy (non-hydrogen) atoms. The van der Waals surface area contributed by atoms with E-state index in [-0.39, 0.29) is 0 Å². The number of aromatic nitrogens is 2. The topological polar surface area (TPSA) is 17.8 Å². The predicted octanol–water partition coefficient (Wildman–Crippen LogP) is 2.94. The van der Waals surface area contributed by atoms with Crippen LogP contribution in [0.2, 0.25) is 5.02 Å². The molecule has 0 saturated heterocycles. The second kappa shape index (κ2) is 2.74. The van der Waals surface area contributed by atoms with Gasteiger partial charge in [0.2, 0.25) is 0 Å². The fourth-order valence-electron chi connectivity index (χ4n) is 1.86. The van der Waals surface area contributed by atoms with Crippen LogP contribution >= 0.6 is 11.6 Å². The van der Waals surface area contributed by atoms with E-state index >= 15 is 0 Å². The number of hydrogen-bond donors (Lipinski definition) is 0. The Morgan fingerprint density at radius 2 is 2.14 bits per heavy atom. The van der Waals surface area contributed by atoms with Crippen LogP contribution in [0.3, 0.4) is 0 Å². The maximum absolute atomic E-state index is 6.19. The van der Waals surface area contributed by atoms with Crippen LogP contribution in [0.1, 0.15) is 18.4 Å². The Hall–Kier alpha value is -1.02. The molecule has 0 atom stereocenters. The number of fused-ring (bicyclic) bond motifs is 1. The zero-order chi connectivity index (χ0) is 9.71. The molecule has 1 aliphatic carbocycles. The third kappa shape index (κ3) is 1.14. The quantitative estimate of drug-likeness (QED) is 0.700. The van der Waals surface area contributed by atoms with E-state index in [0.717, 1.165) is 10.5 Å². The van der Waals surface area contributed by atoms with Gasteiger partial charge in [-0.2, -0.15) is 5.10 Å². The highest BCUT2D eigenvalue weighted by Crippen LogP contribution is 2.45. The van der Waals surface area contributed by atoms with Gasteiger partial charge in [-0.1, -0.05) is 11.6 Å². The Balaban J connectivity index is 2.35. The lowest BCUT2D eigenvalue weighted by Gasteiger charge is -2.01. The van der Waals surface area contributed by atoms with E-state index in [1.807, 2.05) is 30.1 Å². The minimum Gasteiger partial charge on any atom is -0.275 e. The van der Waals surface area contributed by atoms with Crippen LogP contribution in [0.15, 0.2) is 18.3 Å². The fraction of sp³-hybridized carbons (Fsp3) is 0.273. The molecule has 1 aromatic heterocycles. The van der Waals surface area contributed by atoms with Crippen molar-refractivity contribution in [3.63, 3.8) is 0 Å². The molecule has 2 nitrogen and oxygen atoms in total. The van der Waals surface area contributed by atoms with Gasteiger partial charge in [0.05, 0.1) is 5.52 Å². The van der Waals surface area contributed by atoms with Crippen LogP contribution in [0.25, 0.3) is 10.9 Å². The van der Waals surface area contributed by atoms with Crippen molar-refractivity contribution in [1.82, 2.24) is 9.78 Å². The van der Waals surface area contributed by atoms with Crippen molar-refractivity contribution in [2.45, 2.75) is 12.8 Å². The van der Waals surface area contributed by atoms with Gasteiger partial charge in [0.1, 0.15) is 0 Å². The summed E-state index contributed by atoms with van der Waals surface area (Å²) < 4.78 is 1.84. The van der Waals surface area contributed by atoms with Crippen molar-refractivity contribution in [3.05, 3.63) is 34.8 Å². The molecule has 1 fully saturated rings. The molecule has 3 rings (SSSR count). The van der Waals surface area contributed by atoms with Gasteiger partial charge in [-0.05, 0) is 30.5 Å². The van der Waals surface area contributed by atoms with Crippen molar-refractivity contribution in [2.75, 3.05) is 0 Å². The van der Waals surface area contributed by atoms with E-state index in [4.69, 9.17) is 11.6 Å². The van der Waals surface area contributed by atoms with Gasteiger partial charge in [-0.25, -0.2) is 0 Å². The summed E-state index contributed by atoms with van der Waals surface area (Å²) in [4.78, 5) is 0. The van der Waals surface area contributed by atoms with E-state index in [1.165, 1.54) is 29.7 Å². The van der Waals surface area contributed by atoms with Crippen molar-refractivity contribution >= 4 is 22.5 Å². The molecular formula is C11H10ClN2. The fourth-order valence-corrected chi connectivity index (χ4v) is 2.16. The molecule has 0 aliphatic heterocycles. The number of hydrogen-bond acceptors (Lipinski definition) is 1. The molecule has 1 radical (unpaired) electrons. The van der Waals surface area contributed by atoms with Gasteiger partial charge >= 0.3 is 0 Å². The summed E-state index contributed by atoms with van der Waals surface area (Å²) in [6, 6.07) is 3.92. The normalized spacial score (nSPS) is 16.4. The summed E-state index contributed by atoms with van der Waals surface area (Å²) >= 11 is 6.19. The van der Waals surface area contributed by atoms with E-state index in [1.54, 1.807) is 0 Å². The highest BCUT2D eigenvalue weighted by atomic mass is 35.5. The Labute approximate surface area is 87.5 Å². The maximum atomic E-state index is 6.19. The van der Waals surface area contributed by atoms with Gasteiger partial charge in [0.15, 0.2) is 0 Å². The maximum Gasteiger partial charge on any atom is 0.0927 e. The van der Waals surface area contributed by atoms with E-state index < -0.39 is 0 Å². The minimum absolute atomic E-state index is 0.859. The van der Waals surface area contributed by atoms with Crippen molar-refractivity contribution in [3.8, 4) is 0 Å². The molecule has 2 aromatic rings. The first-order valence-electron chi connectivity index (χ1n) is 4.72. The summed E-state index contributed by atoms with van der Waals surface area (Å²) in [6.07, 6.45) is 4.42. The molecule has 1 aromatic carbocycles. The lowest BCUT2D eigenvalue weighted by atomic mass is 10.1. The highest BCUT2D eigenvalue weighted by Gasteiger charge is 2.28. The Morgan fingerprint density at radius 3 is 2.86 bits per heavy atom. The first kappa shape index (κ1) is 8.30. The molecule has 71 valence electrons. The first-order chi connectivity index (χ1) is 6.75. The summed E-state index contributed by atoms with van der Waals surface area (Å²) in [5.74, 6) is 1.47. The van der Waals surface area contributed by atoms with Crippen LogP contribution in [0, 0.1) is 5.92 Å². The van der Waals surface area contributed by atoms with Crippen LogP contribution in [-0.2, 0) is 7.05 Å². The van der Waals surface area contributed by atoms with Crippen LogP contribution in [-0.4, -0.2) is 9.78 Å². The Bertz CT molecular complexity index is 497. The molecule has 3 heteroatoms. The molecule has 0 bridgehead atoms. The average Bonchev–Trinajstić information content (AvgIpc) is 2.88. The molecule has 0 spiro atoms. The molecule has 1 heterocycles. The van der Waals surface area contributed by atoms with Gasteiger partial charge in [-0.15, -0.1) is 0 Å². The minimum atomic E-state index is 0.859. The van der Waals surface area contributed by atoms with E-state index in [0.29, 0.717) is 0 Å². The first-order valence-corrected chi connectivity index (χ1v) is 5.10. The van der Waals surface area contributed by atoms with E-state index in [2.05, 4.69) is 5.10 Å². The van der Waals surface area contributed by atoms with Crippen LogP contribution in [0.4, 0.5) is 0 Å². The second-order valence-corrected chi connectivity index (χ2v) is 4.17. The molecular weight excluding hydrogens is 196 g/mol. The lowest BCUT2D eigenvalue weighted by Crippen LogP contribution is -1.84. The molecule has 0 unspecified atom stereocenters. The predicted molar refractivity (Wildman–Crippen MR) is 57.3 cm³/mol. The number of benzene rings is 1. The van der Waals surface area contributed by atoms with Gasteiger partial charge in [0.25, 0.3) is 0 Å². The SMILES string of the molecule is Cn1cc2c([C]3CC3)c(Cl)ccc2n1. The third-order valence-electron chi connectivity index (χ3n) is 2.61. The van der Waals surface area contributed by atoms with Gasteiger partial charge in [0, 0.05) is 29.6 Å². The van der Waals surface area contributed by atoms with Gasteiger partial charge < -0.3 is 0 Å². The second-order valence-electron chi connectivity index (χ2n) is 3.76. The summed E-state index contributed by atoms with van der Waals surface area (Å²) in [6.45, 7) is 0. The standard InChI is InChI=1S/C11H10ClN2/c1-14-6-8-10(13-14)5-4-9(12)11(8)7-2-3-7/h4-6H,2-3H2,1H3. The zero-order valence-electron chi connectivity index (χ0n) is 7.92. The molecule has 1 aliphatic rings. The van der Waals surface area contributed by atoms with Crippen molar-refractivity contribution < 1.29 is 0 Å². The van der Waals surface area contributed by atoms with Crippen molar-refractivity contribution in [1.29, 1.82) is 0 Å². The number of rotatable bonds is 1. The summed E-state index contributed by atoms with van der Waals surface area (Å²) in [7, 11) is 1.94.